The Labute approximate surface area is 129 Å². The molecule has 1 aromatic rings. The molecule has 6 nitrogen and oxygen atoms in total. The molecule has 3 amide bonds. The van der Waals surface area contributed by atoms with Crippen molar-refractivity contribution in [2.45, 2.75) is 25.3 Å². The highest BCUT2D eigenvalue weighted by molar-refractivity contribution is 6.06. The van der Waals surface area contributed by atoms with Crippen LogP contribution in [0.25, 0.3) is 0 Å². The Morgan fingerprint density at radius 2 is 2.35 bits per heavy atom. The van der Waals surface area contributed by atoms with Gasteiger partial charge in [0.15, 0.2) is 4.24 Å². The zero-order valence-corrected chi connectivity index (χ0v) is 9.52. The minimum absolute atomic E-state index is 0.185. The van der Waals surface area contributed by atoms with E-state index in [1.54, 1.807) is 0 Å². The first-order valence-corrected chi connectivity index (χ1v) is 5.25. The van der Waals surface area contributed by atoms with E-state index in [2.05, 4.69) is 0 Å². The molecule has 0 saturated carbocycles. The molecule has 3 rings (SSSR count). The Morgan fingerprint density at radius 1 is 1.55 bits per heavy atom. The first-order chi connectivity index (χ1) is 13.9. The summed E-state index contributed by atoms with van der Waals surface area (Å²) in [5, 5.41) is -0.557. The second-order valence-corrected chi connectivity index (χ2v) is 3.88. The first-order valence-electron chi connectivity index (χ1n) is 10.6. The van der Waals surface area contributed by atoms with Crippen LogP contribution in [0.15, 0.2) is 12.1 Å². The van der Waals surface area contributed by atoms with E-state index in [0.29, 0.717) is 0 Å². The standard InChI is InChI=1S/C13H12FN3O3/c14-6-3-7-8(9(15)4-6)5-17(13(7)20)10-1-2-11(18)16-12(10)19/h3-4,10H,1-2,5,15H2,(H,16,18,19)/i1D2,2D2,3D,4D,5D2/hD3. The largest absolute Gasteiger partial charge is 0.398 e. The van der Waals surface area contributed by atoms with Gasteiger partial charge in [-0.3, -0.25) is 19.7 Å². The number of halogens is 1. The van der Waals surface area contributed by atoms with Crippen molar-refractivity contribution in [1.29, 1.82) is 0 Å². The number of piperidine rings is 1. The summed E-state index contributed by atoms with van der Waals surface area (Å²) in [6.07, 6.45) is -7.14. The molecule has 1 saturated heterocycles. The molecule has 7 heteroatoms. The summed E-state index contributed by atoms with van der Waals surface area (Å²) < 4.78 is 99.9. The SMILES string of the molecule is [2H]c1c(F)c([2H])c(N([2H])[2H])c2c1C(=O)N(C1C(=O)N([2H])C(=O)C([2H])([2H])C1([2H])[2H])C2([2H])[2H]. The van der Waals surface area contributed by atoms with Crippen molar-refractivity contribution in [3.05, 3.63) is 29.0 Å². The van der Waals surface area contributed by atoms with Gasteiger partial charge in [0.1, 0.15) is 11.9 Å². The fourth-order valence-electron chi connectivity index (χ4n) is 1.79. The van der Waals surface area contributed by atoms with Crippen molar-refractivity contribution in [3.8, 4) is 0 Å². The second-order valence-electron chi connectivity index (χ2n) is 3.88. The van der Waals surface area contributed by atoms with Gasteiger partial charge < -0.3 is 10.6 Å². The number of anilines is 1. The molecule has 2 aliphatic rings. The van der Waals surface area contributed by atoms with Crippen LogP contribution in [0.2, 0.25) is 4.24 Å². The van der Waals surface area contributed by atoms with Gasteiger partial charge >= 0.3 is 0 Å². The highest BCUT2D eigenvalue weighted by Gasteiger charge is 2.39. The van der Waals surface area contributed by atoms with E-state index in [1.807, 2.05) is 0 Å². The Kier molecular flexibility index (Phi) is 1.11. The minimum atomic E-state index is -3.57. The first kappa shape index (κ1) is 5.16. The third-order valence-corrected chi connectivity index (χ3v) is 2.63. The van der Waals surface area contributed by atoms with E-state index < -0.39 is 88.8 Å². The number of fused-ring (bicyclic) bond motifs is 1. The van der Waals surface area contributed by atoms with Crippen LogP contribution >= 0.6 is 0 Å². The average molecular weight is 288 g/mol. The number of carbonyl (C=O) groups is 3. The van der Waals surface area contributed by atoms with Crippen molar-refractivity contribution in [1.82, 2.24) is 10.2 Å². The van der Waals surface area contributed by atoms with Crippen molar-refractivity contribution >= 4 is 23.4 Å². The van der Waals surface area contributed by atoms with Crippen LogP contribution in [-0.2, 0) is 16.1 Å². The maximum absolute atomic E-state index is 14.3. The molecule has 1 unspecified atom stereocenters. The molecule has 3 N–H and O–H groups in total. The zero-order valence-electron chi connectivity index (χ0n) is 20.5. The molecule has 2 heterocycles. The maximum Gasteiger partial charge on any atom is 0.255 e. The number of nitrogens with one attached hydrogen (secondary N) is 1. The Morgan fingerprint density at radius 3 is 3.10 bits per heavy atom. The summed E-state index contributed by atoms with van der Waals surface area (Å²) in [4.78, 5) is 37.3. The normalized spacial score (nSPS) is 37.8. The third-order valence-electron chi connectivity index (χ3n) is 2.63. The van der Waals surface area contributed by atoms with Gasteiger partial charge in [-0.15, -0.1) is 0 Å². The van der Waals surface area contributed by atoms with Gasteiger partial charge in [0, 0.05) is 35.2 Å². The molecule has 1 fully saturated rings. The topological polar surface area (TPSA) is 92.5 Å². The molecule has 20 heavy (non-hydrogen) atoms. The van der Waals surface area contributed by atoms with E-state index in [-0.39, 0.29) is 4.90 Å². The average Bonchev–Trinajstić information content (AvgIpc) is 2.84. The Bertz CT molecular complexity index is 1050. The molecule has 1 atom stereocenters. The van der Waals surface area contributed by atoms with Gasteiger partial charge in [-0.05, 0) is 18.5 Å². The van der Waals surface area contributed by atoms with Crippen molar-refractivity contribution < 1.29 is 34.0 Å². The molecule has 0 radical (unpaired) electrons. The Balaban J connectivity index is 2.35. The van der Waals surface area contributed by atoms with Gasteiger partial charge in [-0.1, -0.05) is 0 Å². The monoisotopic (exact) mass is 288 g/mol. The number of nitrogens with two attached hydrogens (primary N) is 1. The fraction of sp³-hybridized carbons (Fsp3) is 0.308. The third kappa shape index (κ3) is 1.82. The number of carbonyl (C=O) groups excluding carboxylic acids is 3. The highest BCUT2D eigenvalue weighted by atomic mass is 19.1. The number of benzene rings is 1. The highest BCUT2D eigenvalue weighted by Crippen LogP contribution is 2.31. The molecular weight excluding hydrogens is 265 g/mol. The number of nitrogens with zero attached hydrogens (tertiary/aromatic N) is 1. The number of hydrogen-bond acceptors (Lipinski definition) is 4. The van der Waals surface area contributed by atoms with E-state index in [0.717, 1.165) is 0 Å². The Hall–Kier alpha value is -2.44. The lowest BCUT2D eigenvalue weighted by molar-refractivity contribution is -0.136. The number of amides is 3. The van der Waals surface area contributed by atoms with Gasteiger partial charge in [0.2, 0.25) is 11.8 Å². The number of nitrogen functional groups attached to an aromatic ring is 1. The zero-order chi connectivity index (χ0) is 24.0. The molecular formula is C13H12FN3O3. The quantitative estimate of drug-likeness (QED) is 0.599. The predicted octanol–water partition coefficient (Wildman–Crippen LogP) is 0.169. The van der Waals surface area contributed by atoms with Gasteiger partial charge in [0.05, 0.1) is 5.48 Å². The van der Waals surface area contributed by atoms with Crippen LogP contribution in [-0.4, -0.2) is 28.7 Å². The van der Waals surface area contributed by atoms with Crippen LogP contribution in [0.4, 0.5) is 10.1 Å². The van der Waals surface area contributed by atoms with E-state index in [9.17, 15) is 18.8 Å². The van der Waals surface area contributed by atoms with E-state index >= 15 is 0 Å². The molecule has 0 bridgehead atoms. The minimum Gasteiger partial charge on any atom is -0.398 e. The summed E-state index contributed by atoms with van der Waals surface area (Å²) in [6.45, 7) is -3.35. The van der Waals surface area contributed by atoms with Gasteiger partial charge in [-0.2, -0.15) is 0 Å². The fourth-order valence-corrected chi connectivity index (χ4v) is 1.79. The van der Waals surface area contributed by atoms with Crippen LogP contribution in [0.1, 0.15) is 39.6 Å². The van der Waals surface area contributed by atoms with Crippen LogP contribution < -0.4 is 11.0 Å². The second kappa shape index (κ2) is 4.29. The predicted molar refractivity (Wildman–Crippen MR) is 66.9 cm³/mol. The smallest absolute Gasteiger partial charge is 0.255 e. The number of hydrogen-bond donors (Lipinski definition) is 2. The molecule has 0 spiro atoms. The lowest BCUT2D eigenvalue weighted by Crippen LogP contribution is -2.52. The number of rotatable bonds is 2. The molecule has 104 valence electrons. The van der Waals surface area contributed by atoms with Crippen LogP contribution in [0.3, 0.4) is 0 Å². The van der Waals surface area contributed by atoms with Gasteiger partial charge in [0.25, 0.3) is 5.91 Å². The van der Waals surface area contributed by atoms with Crippen molar-refractivity contribution in [2.75, 3.05) is 5.72 Å². The summed E-state index contributed by atoms with van der Waals surface area (Å²) in [7, 11) is 0. The summed E-state index contributed by atoms with van der Waals surface area (Å²) in [6, 6.07) is -5.34. The van der Waals surface area contributed by atoms with E-state index in [4.69, 9.17) is 15.2 Å². The molecule has 2 aliphatic heterocycles. The maximum atomic E-state index is 14.3. The van der Waals surface area contributed by atoms with Crippen molar-refractivity contribution in [2.24, 2.45) is 0 Å². The summed E-state index contributed by atoms with van der Waals surface area (Å²) >= 11 is 0. The summed E-state index contributed by atoms with van der Waals surface area (Å²) in [5.74, 6) is -7.06. The molecule has 1 aromatic carbocycles. The molecule has 0 aromatic heterocycles. The van der Waals surface area contributed by atoms with Crippen molar-refractivity contribution in [3.63, 3.8) is 0 Å². The van der Waals surface area contributed by atoms with E-state index in [1.165, 1.54) is 0 Å². The summed E-state index contributed by atoms with van der Waals surface area (Å²) in [5.41, 5.74) is -3.64. The lowest BCUT2D eigenvalue weighted by atomic mass is 10.0. The van der Waals surface area contributed by atoms with Crippen LogP contribution in [0, 0.1) is 5.82 Å². The van der Waals surface area contributed by atoms with Gasteiger partial charge in [-0.25, -0.2) is 4.39 Å². The van der Waals surface area contributed by atoms with Crippen LogP contribution in [0.5, 0.6) is 0 Å². The number of imide groups is 1. The molecule has 0 aliphatic carbocycles. The lowest BCUT2D eigenvalue weighted by Gasteiger charge is -2.29.